The van der Waals surface area contributed by atoms with Gasteiger partial charge in [0.15, 0.2) is 0 Å². The van der Waals surface area contributed by atoms with E-state index >= 15 is 0 Å². The topological polar surface area (TPSA) is 76.1 Å². The number of aryl methyl sites for hydroxylation is 1. The van der Waals surface area contributed by atoms with Crippen LogP contribution in [0.5, 0.6) is 0 Å². The molecular weight excluding hydrogens is 376 g/mol. The van der Waals surface area contributed by atoms with Gasteiger partial charge in [0, 0.05) is 29.9 Å². The highest BCUT2D eigenvalue weighted by Crippen LogP contribution is 2.23. The van der Waals surface area contributed by atoms with E-state index in [0.717, 1.165) is 34.5 Å². The minimum Gasteiger partial charge on any atom is -0.368 e. The molecule has 0 fully saturated rings. The third kappa shape index (κ3) is 5.65. The number of nitrogens with zero attached hydrogens (tertiary/aromatic N) is 2. The van der Waals surface area contributed by atoms with Gasteiger partial charge in [-0.15, -0.1) is 0 Å². The number of rotatable bonds is 9. The number of hydrogen-bond acceptors (Lipinski definition) is 5. The summed E-state index contributed by atoms with van der Waals surface area (Å²) in [6.45, 7) is 3.47. The predicted molar refractivity (Wildman–Crippen MR) is 112 cm³/mol. The zero-order valence-corrected chi connectivity index (χ0v) is 16.5. The van der Waals surface area contributed by atoms with Crippen molar-refractivity contribution >= 4 is 34.2 Å². The van der Waals surface area contributed by atoms with Gasteiger partial charge >= 0.3 is 0 Å². The van der Waals surface area contributed by atoms with Crippen molar-refractivity contribution in [2.45, 2.75) is 20.0 Å². The zero-order valence-electron chi connectivity index (χ0n) is 15.7. The Labute approximate surface area is 169 Å². The van der Waals surface area contributed by atoms with Crippen LogP contribution in [0.1, 0.15) is 18.3 Å². The molecule has 1 amide bonds. The summed E-state index contributed by atoms with van der Waals surface area (Å²) in [7, 11) is 0. The van der Waals surface area contributed by atoms with Crippen LogP contribution in [0.25, 0.3) is 10.9 Å². The first-order chi connectivity index (χ1) is 13.7. The van der Waals surface area contributed by atoms with Gasteiger partial charge < -0.3 is 15.4 Å². The molecule has 0 saturated carbocycles. The lowest BCUT2D eigenvalue weighted by atomic mass is 10.2. The minimum atomic E-state index is -0.147. The Balaban J connectivity index is 1.46. The molecule has 0 atom stereocenters. The molecule has 2 N–H and O–H groups in total. The fourth-order valence-corrected chi connectivity index (χ4v) is 2.88. The van der Waals surface area contributed by atoms with Crippen molar-refractivity contribution in [3.05, 3.63) is 64.9 Å². The second kappa shape index (κ2) is 10.0. The van der Waals surface area contributed by atoms with E-state index in [9.17, 15) is 4.79 Å². The van der Waals surface area contributed by atoms with Crippen molar-refractivity contribution in [3.63, 3.8) is 0 Å². The number of nitrogens with one attached hydrogen (secondary N) is 2. The highest BCUT2D eigenvalue weighted by molar-refractivity contribution is 6.31. The fraction of sp³-hybridized carbons (Fsp3) is 0.286. The maximum Gasteiger partial charge on any atom is 0.246 e. The van der Waals surface area contributed by atoms with Crippen molar-refractivity contribution < 1.29 is 9.53 Å². The van der Waals surface area contributed by atoms with Gasteiger partial charge in [-0.3, -0.25) is 4.79 Å². The molecule has 0 radical (unpaired) electrons. The van der Waals surface area contributed by atoms with Crippen molar-refractivity contribution in [2.75, 3.05) is 25.0 Å². The quantitative estimate of drug-likeness (QED) is 0.539. The zero-order chi connectivity index (χ0) is 19.8. The Bertz CT molecular complexity index is 934. The van der Waals surface area contributed by atoms with Crippen LogP contribution < -0.4 is 10.6 Å². The molecule has 0 aliphatic carbocycles. The first-order valence-corrected chi connectivity index (χ1v) is 9.62. The molecule has 7 heteroatoms. The number of halogens is 1. The van der Waals surface area contributed by atoms with Gasteiger partial charge in [0.2, 0.25) is 5.91 Å². The number of amides is 1. The van der Waals surface area contributed by atoms with Gasteiger partial charge in [0.1, 0.15) is 18.2 Å². The van der Waals surface area contributed by atoms with Crippen LogP contribution in [-0.4, -0.2) is 35.6 Å². The second-order valence-corrected chi connectivity index (χ2v) is 6.70. The highest BCUT2D eigenvalue weighted by Gasteiger charge is 2.08. The summed E-state index contributed by atoms with van der Waals surface area (Å²) >= 11 is 6.07. The lowest BCUT2D eigenvalue weighted by molar-refractivity contribution is -0.126. The highest BCUT2D eigenvalue weighted by atomic mass is 35.5. The average molecular weight is 399 g/mol. The molecule has 0 unspecified atom stereocenters. The third-order valence-electron chi connectivity index (χ3n) is 4.11. The molecule has 0 saturated heterocycles. The van der Waals surface area contributed by atoms with Gasteiger partial charge in [0.05, 0.1) is 12.1 Å². The molecule has 3 rings (SSSR count). The van der Waals surface area contributed by atoms with Crippen molar-refractivity contribution in [1.82, 2.24) is 15.3 Å². The Kier molecular flexibility index (Phi) is 7.17. The van der Waals surface area contributed by atoms with E-state index in [1.807, 2.05) is 55.5 Å². The Hall–Kier alpha value is -2.70. The number of carbonyl (C=O) groups excluding carboxylic acids is 1. The van der Waals surface area contributed by atoms with Gasteiger partial charge in [-0.05, 0) is 23.8 Å². The molecule has 0 bridgehead atoms. The van der Waals surface area contributed by atoms with Crippen molar-refractivity contribution in [2.24, 2.45) is 0 Å². The van der Waals surface area contributed by atoms with Crippen LogP contribution in [-0.2, 0) is 22.6 Å². The molecule has 2 aromatic carbocycles. The summed E-state index contributed by atoms with van der Waals surface area (Å²) in [6, 6.07) is 15.3. The van der Waals surface area contributed by atoms with E-state index in [4.69, 9.17) is 16.3 Å². The van der Waals surface area contributed by atoms with Crippen LogP contribution in [0, 0.1) is 0 Å². The van der Waals surface area contributed by atoms with E-state index in [2.05, 4.69) is 20.6 Å². The molecule has 0 aliphatic heterocycles. The Morgan fingerprint density at radius 2 is 1.93 bits per heavy atom. The molecular formula is C21H23ClN4O2. The number of carbonyl (C=O) groups is 1. The largest absolute Gasteiger partial charge is 0.368 e. The molecule has 3 aromatic rings. The molecule has 1 aromatic heterocycles. The first kappa shape index (κ1) is 20.0. The van der Waals surface area contributed by atoms with Crippen LogP contribution in [0.2, 0.25) is 5.02 Å². The SMILES string of the molecule is CCc1nc(NCCNC(=O)COCc2ccccc2)c2ccc(Cl)cc2n1. The van der Waals surface area contributed by atoms with Gasteiger partial charge in [0.25, 0.3) is 0 Å². The number of fused-ring (bicyclic) bond motifs is 1. The number of aromatic nitrogens is 2. The Morgan fingerprint density at radius 3 is 2.71 bits per heavy atom. The van der Waals surface area contributed by atoms with E-state index in [-0.39, 0.29) is 12.5 Å². The van der Waals surface area contributed by atoms with Crippen molar-refractivity contribution in [3.8, 4) is 0 Å². The normalized spacial score (nSPS) is 10.8. The maximum atomic E-state index is 11.9. The van der Waals surface area contributed by atoms with Crippen LogP contribution >= 0.6 is 11.6 Å². The number of hydrogen-bond donors (Lipinski definition) is 2. The summed E-state index contributed by atoms with van der Waals surface area (Å²) in [5.41, 5.74) is 1.85. The summed E-state index contributed by atoms with van der Waals surface area (Å²) < 4.78 is 5.43. The standard InChI is InChI=1S/C21H23ClN4O2/c1-2-19-25-18-12-16(22)8-9-17(18)21(26-19)24-11-10-23-20(27)14-28-13-15-6-4-3-5-7-15/h3-9,12H,2,10-11,13-14H2,1H3,(H,23,27)(H,24,25,26). The lowest BCUT2D eigenvalue weighted by Gasteiger charge is -2.11. The molecule has 0 spiro atoms. The van der Waals surface area contributed by atoms with Crippen LogP contribution in [0.15, 0.2) is 48.5 Å². The van der Waals surface area contributed by atoms with Gasteiger partial charge in [-0.25, -0.2) is 9.97 Å². The van der Waals surface area contributed by atoms with Crippen molar-refractivity contribution in [1.29, 1.82) is 0 Å². The van der Waals surface area contributed by atoms with Gasteiger partial charge in [-0.2, -0.15) is 0 Å². The summed E-state index contributed by atoms with van der Waals surface area (Å²) in [6.07, 6.45) is 0.729. The minimum absolute atomic E-state index is 0.0316. The fourth-order valence-electron chi connectivity index (χ4n) is 2.71. The number of ether oxygens (including phenoxy) is 1. The second-order valence-electron chi connectivity index (χ2n) is 6.26. The van der Waals surface area contributed by atoms with Gasteiger partial charge in [-0.1, -0.05) is 48.9 Å². The van der Waals surface area contributed by atoms with Crippen LogP contribution in [0.4, 0.5) is 5.82 Å². The van der Waals surface area contributed by atoms with Crippen LogP contribution in [0.3, 0.4) is 0 Å². The maximum absolute atomic E-state index is 11.9. The molecule has 146 valence electrons. The third-order valence-corrected chi connectivity index (χ3v) is 4.34. The molecule has 28 heavy (non-hydrogen) atoms. The van der Waals surface area contributed by atoms with E-state index in [0.29, 0.717) is 24.7 Å². The molecule has 6 nitrogen and oxygen atoms in total. The smallest absolute Gasteiger partial charge is 0.246 e. The predicted octanol–water partition coefficient (Wildman–Crippen LogP) is 3.59. The summed E-state index contributed by atoms with van der Waals surface area (Å²) in [4.78, 5) is 20.9. The van der Waals surface area contributed by atoms with E-state index < -0.39 is 0 Å². The summed E-state index contributed by atoms with van der Waals surface area (Å²) in [5, 5.41) is 7.65. The number of benzene rings is 2. The molecule has 1 heterocycles. The molecule has 0 aliphatic rings. The monoisotopic (exact) mass is 398 g/mol. The number of anilines is 1. The first-order valence-electron chi connectivity index (χ1n) is 9.24. The average Bonchev–Trinajstić information content (AvgIpc) is 2.71. The Morgan fingerprint density at radius 1 is 1.11 bits per heavy atom. The van der Waals surface area contributed by atoms with E-state index in [1.165, 1.54) is 0 Å². The van der Waals surface area contributed by atoms with E-state index in [1.54, 1.807) is 0 Å². The lowest BCUT2D eigenvalue weighted by Crippen LogP contribution is -2.31. The summed E-state index contributed by atoms with van der Waals surface area (Å²) in [5.74, 6) is 1.34.